The highest BCUT2D eigenvalue weighted by Gasteiger charge is 2.11. The first-order valence-corrected chi connectivity index (χ1v) is 3.60. The van der Waals surface area contributed by atoms with Gasteiger partial charge in [-0.3, -0.25) is 14.2 Å². The number of nitrogens with two attached hydrogens (primary N) is 1. The Morgan fingerprint density at radius 2 is 2.46 bits per heavy atom. The highest BCUT2D eigenvalue weighted by atomic mass is 16.4. The molecule has 13 heavy (non-hydrogen) atoms. The molecule has 0 aliphatic heterocycles. The van der Waals surface area contributed by atoms with E-state index in [1.54, 1.807) is 0 Å². The van der Waals surface area contributed by atoms with E-state index in [1.165, 1.54) is 18.6 Å². The quantitative estimate of drug-likeness (QED) is 0.604. The molecule has 0 fully saturated rings. The van der Waals surface area contributed by atoms with Crippen LogP contribution >= 0.6 is 0 Å². The zero-order valence-corrected chi connectivity index (χ0v) is 6.75. The summed E-state index contributed by atoms with van der Waals surface area (Å²) in [5, 5.41) is 8.47. The highest BCUT2D eigenvalue weighted by Crippen LogP contribution is 1.84. The molecule has 3 N–H and O–H groups in total. The van der Waals surface area contributed by atoms with Crippen molar-refractivity contribution in [1.29, 1.82) is 0 Å². The predicted octanol–water partition coefficient (Wildman–Crippen LogP) is -1.34. The maximum absolute atomic E-state index is 11.1. The second-order valence-corrected chi connectivity index (χ2v) is 2.52. The van der Waals surface area contributed by atoms with Crippen LogP contribution in [0.3, 0.4) is 0 Å². The van der Waals surface area contributed by atoms with Crippen molar-refractivity contribution >= 4 is 5.97 Å². The van der Waals surface area contributed by atoms with E-state index in [4.69, 9.17) is 10.8 Å². The van der Waals surface area contributed by atoms with E-state index in [-0.39, 0.29) is 12.1 Å². The Labute approximate surface area is 73.6 Å². The Morgan fingerprint density at radius 1 is 1.77 bits per heavy atom. The van der Waals surface area contributed by atoms with Crippen LogP contribution in [-0.2, 0) is 11.3 Å². The van der Waals surface area contributed by atoms with Gasteiger partial charge in [0.2, 0.25) is 0 Å². The van der Waals surface area contributed by atoms with Crippen LogP contribution in [0.1, 0.15) is 0 Å². The van der Waals surface area contributed by atoms with Crippen molar-refractivity contribution in [3.8, 4) is 0 Å². The van der Waals surface area contributed by atoms with E-state index >= 15 is 0 Å². The molecule has 1 unspecified atom stereocenters. The SMILES string of the molecule is NC(Cn1cnccc1=O)C(=O)O. The first-order valence-electron chi connectivity index (χ1n) is 3.60. The highest BCUT2D eigenvalue weighted by molar-refractivity contribution is 5.72. The molecule has 1 aromatic heterocycles. The van der Waals surface area contributed by atoms with Gasteiger partial charge in [-0.2, -0.15) is 0 Å². The third kappa shape index (κ3) is 2.38. The number of nitrogens with zero attached hydrogens (tertiary/aromatic N) is 2. The third-order valence-corrected chi connectivity index (χ3v) is 1.50. The largest absolute Gasteiger partial charge is 0.480 e. The Morgan fingerprint density at radius 3 is 3.00 bits per heavy atom. The van der Waals surface area contributed by atoms with Crippen molar-refractivity contribution in [1.82, 2.24) is 9.55 Å². The van der Waals surface area contributed by atoms with Crippen LogP contribution in [0, 0.1) is 0 Å². The predicted molar refractivity (Wildman–Crippen MR) is 44.1 cm³/mol. The monoisotopic (exact) mass is 183 g/mol. The van der Waals surface area contributed by atoms with Crippen molar-refractivity contribution in [2.24, 2.45) is 5.73 Å². The minimum Gasteiger partial charge on any atom is -0.480 e. The second kappa shape index (κ2) is 3.81. The molecular weight excluding hydrogens is 174 g/mol. The van der Waals surface area contributed by atoms with E-state index in [2.05, 4.69) is 4.98 Å². The number of rotatable bonds is 3. The number of carbonyl (C=O) groups is 1. The fraction of sp³-hybridized carbons (Fsp3) is 0.286. The molecule has 0 saturated carbocycles. The molecule has 6 heteroatoms. The smallest absolute Gasteiger partial charge is 0.322 e. The van der Waals surface area contributed by atoms with Gasteiger partial charge < -0.3 is 10.8 Å². The summed E-state index contributed by atoms with van der Waals surface area (Å²) < 4.78 is 1.15. The van der Waals surface area contributed by atoms with Crippen molar-refractivity contribution < 1.29 is 9.90 Å². The number of carboxylic acid groups (broad SMARTS) is 1. The van der Waals surface area contributed by atoms with E-state index in [0.717, 1.165) is 4.57 Å². The van der Waals surface area contributed by atoms with Crippen molar-refractivity contribution in [2.45, 2.75) is 12.6 Å². The topological polar surface area (TPSA) is 98.2 Å². The molecule has 1 aromatic rings. The molecule has 70 valence electrons. The van der Waals surface area contributed by atoms with Crippen LogP contribution < -0.4 is 11.3 Å². The van der Waals surface area contributed by atoms with Crippen LogP contribution in [0.5, 0.6) is 0 Å². The standard InChI is InChI=1S/C7H9N3O3/c8-5(7(12)13)3-10-4-9-2-1-6(10)11/h1-2,4-5H,3,8H2,(H,12,13). The normalized spacial score (nSPS) is 12.4. The molecule has 1 atom stereocenters. The number of carboxylic acids is 1. The lowest BCUT2D eigenvalue weighted by atomic mass is 10.3. The molecule has 0 aliphatic carbocycles. The summed E-state index contributed by atoms with van der Waals surface area (Å²) in [6, 6.07) is 0.163. The maximum atomic E-state index is 11.1. The number of hydrogen-bond donors (Lipinski definition) is 2. The molecule has 0 aromatic carbocycles. The molecule has 0 amide bonds. The van der Waals surface area contributed by atoms with Crippen LogP contribution in [0.15, 0.2) is 23.4 Å². The lowest BCUT2D eigenvalue weighted by Gasteiger charge is -2.07. The van der Waals surface area contributed by atoms with E-state index in [9.17, 15) is 9.59 Å². The molecule has 1 heterocycles. The summed E-state index contributed by atoms with van der Waals surface area (Å²) in [5.41, 5.74) is 4.92. The van der Waals surface area contributed by atoms with E-state index < -0.39 is 12.0 Å². The zero-order valence-electron chi connectivity index (χ0n) is 6.75. The molecule has 6 nitrogen and oxygen atoms in total. The Balaban J connectivity index is 2.81. The Kier molecular flexibility index (Phi) is 2.76. The average Bonchev–Trinajstić information content (AvgIpc) is 2.08. The van der Waals surface area contributed by atoms with Crippen molar-refractivity contribution in [2.75, 3.05) is 0 Å². The maximum Gasteiger partial charge on any atom is 0.322 e. The van der Waals surface area contributed by atoms with E-state index in [0.29, 0.717) is 0 Å². The van der Waals surface area contributed by atoms with Gasteiger partial charge in [-0.15, -0.1) is 0 Å². The van der Waals surface area contributed by atoms with Crippen LogP contribution in [-0.4, -0.2) is 26.7 Å². The minimum atomic E-state index is -1.14. The third-order valence-electron chi connectivity index (χ3n) is 1.50. The Bertz CT molecular complexity index is 360. The number of hydrogen-bond acceptors (Lipinski definition) is 4. The van der Waals surface area contributed by atoms with Gasteiger partial charge in [0.15, 0.2) is 0 Å². The van der Waals surface area contributed by atoms with Gasteiger partial charge in [0.25, 0.3) is 5.56 Å². The molecule has 1 rings (SSSR count). The van der Waals surface area contributed by atoms with Gasteiger partial charge in [0, 0.05) is 12.3 Å². The van der Waals surface area contributed by atoms with Gasteiger partial charge in [-0.25, -0.2) is 4.98 Å². The van der Waals surface area contributed by atoms with Crippen molar-refractivity contribution in [3.63, 3.8) is 0 Å². The summed E-state index contributed by atoms with van der Waals surface area (Å²) in [6.45, 7) is -0.0675. The summed E-state index contributed by atoms with van der Waals surface area (Å²) >= 11 is 0. The summed E-state index contributed by atoms with van der Waals surface area (Å²) in [4.78, 5) is 25.1. The summed E-state index contributed by atoms with van der Waals surface area (Å²) in [5.74, 6) is -1.14. The molecule has 0 spiro atoms. The number of aromatic nitrogens is 2. The first-order chi connectivity index (χ1) is 6.11. The molecule has 0 aliphatic rings. The summed E-state index contributed by atoms with van der Waals surface area (Å²) in [6.07, 6.45) is 2.59. The fourth-order valence-electron chi connectivity index (χ4n) is 0.806. The lowest BCUT2D eigenvalue weighted by Crippen LogP contribution is -2.37. The molecule has 0 bridgehead atoms. The van der Waals surface area contributed by atoms with Gasteiger partial charge in [-0.05, 0) is 0 Å². The fourth-order valence-corrected chi connectivity index (χ4v) is 0.806. The van der Waals surface area contributed by atoms with Gasteiger partial charge >= 0.3 is 5.97 Å². The molecule has 0 saturated heterocycles. The lowest BCUT2D eigenvalue weighted by molar-refractivity contribution is -0.138. The average molecular weight is 183 g/mol. The second-order valence-electron chi connectivity index (χ2n) is 2.52. The van der Waals surface area contributed by atoms with Crippen LogP contribution in [0.25, 0.3) is 0 Å². The Hall–Kier alpha value is -1.69. The minimum absolute atomic E-state index is 0.0675. The van der Waals surface area contributed by atoms with Crippen molar-refractivity contribution in [3.05, 3.63) is 28.9 Å². The number of aliphatic carboxylic acids is 1. The van der Waals surface area contributed by atoms with Gasteiger partial charge in [-0.1, -0.05) is 0 Å². The van der Waals surface area contributed by atoms with Gasteiger partial charge in [0.1, 0.15) is 6.04 Å². The first kappa shape index (κ1) is 9.40. The van der Waals surface area contributed by atoms with Gasteiger partial charge in [0.05, 0.1) is 12.9 Å². The van der Waals surface area contributed by atoms with Crippen LogP contribution in [0.4, 0.5) is 0 Å². The zero-order chi connectivity index (χ0) is 9.84. The molecular formula is C7H9N3O3. The molecule has 0 radical (unpaired) electrons. The van der Waals surface area contributed by atoms with Crippen LogP contribution in [0.2, 0.25) is 0 Å². The summed E-state index contributed by atoms with van der Waals surface area (Å²) in [7, 11) is 0. The van der Waals surface area contributed by atoms with E-state index in [1.807, 2.05) is 0 Å².